The van der Waals surface area contributed by atoms with Crippen LogP contribution in [0.4, 0.5) is 17.6 Å². The van der Waals surface area contributed by atoms with E-state index < -0.39 is 31.5 Å². The molecule has 0 bridgehead atoms. The monoisotopic (exact) mass is 340 g/mol. The average molecular weight is 340 g/mol. The standard InChI is InChI=1S/C13H16F4N2O2S/c1-7-18-11-8(3-2-4-9(11)22-7)19-10(20)5-21-6-13(16,17)12(14)15/h8,12H,2-6H2,1H3,(H,19,20)/t8-/m0/s1. The molecular weight excluding hydrogens is 324 g/mol. The van der Waals surface area contributed by atoms with Crippen molar-refractivity contribution in [1.82, 2.24) is 10.3 Å². The number of alkyl halides is 4. The summed E-state index contributed by atoms with van der Waals surface area (Å²) in [5, 5.41) is 3.55. The number of carbonyl (C=O) groups excluding carboxylic acids is 1. The average Bonchev–Trinajstić information content (AvgIpc) is 2.79. The number of rotatable bonds is 6. The highest BCUT2D eigenvalue weighted by Crippen LogP contribution is 2.32. The van der Waals surface area contributed by atoms with E-state index in [1.54, 1.807) is 11.3 Å². The fourth-order valence-corrected chi connectivity index (χ4v) is 3.30. The normalized spacial score (nSPS) is 18.4. The van der Waals surface area contributed by atoms with E-state index in [-0.39, 0.29) is 6.04 Å². The molecule has 0 spiro atoms. The molecule has 1 aliphatic rings. The largest absolute Gasteiger partial charge is 0.365 e. The summed E-state index contributed by atoms with van der Waals surface area (Å²) in [4.78, 5) is 17.2. The Labute approximate surface area is 128 Å². The molecule has 1 aromatic heterocycles. The quantitative estimate of drug-likeness (QED) is 0.810. The van der Waals surface area contributed by atoms with Gasteiger partial charge in [0.05, 0.1) is 16.7 Å². The van der Waals surface area contributed by atoms with Crippen LogP contribution in [-0.4, -0.2) is 36.5 Å². The summed E-state index contributed by atoms with van der Waals surface area (Å²) in [5.41, 5.74) is 0.806. The van der Waals surface area contributed by atoms with E-state index >= 15 is 0 Å². The Kier molecular flexibility index (Phi) is 5.38. The maximum atomic E-state index is 12.6. The molecule has 0 radical (unpaired) electrons. The van der Waals surface area contributed by atoms with Crippen LogP contribution in [0.3, 0.4) is 0 Å². The highest BCUT2D eigenvalue weighted by atomic mass is 32.1. The lowest BCUT2D eigenvalue weighted by Crippen LogP contribution is -2.37. The second-order valence-corrected chi connectivity index (χ2v) is 6.40. The van der Waals surface area contributed by atoms with E-state index in [1.807, 2.05) is 6.92 Å². The van der Waals surface area contributed by atoms with Gasteiger partial charge in [-0.15, -0.1) is 11.3 Å². The number of hydrogen-bond donors (Lipinski definition) is 1. The van der Waals surface area contributed by atoms with Gasteiger partial charge in [-0.25, -0.2) is 13.8 Å². The molecule has 124 valence electrons. The molecule has 1 N–H and O–H groups in total. The molecule has 22 heavy (non-hydrogen) atoms. The lowest BCUT2D eigenvalue weighted by molar-refractivity contribution is -0.168. The van der Waals surface area contributed by atoms with Gasteiger partial charge in [-0.05, 0) is 26.2 Å². The number of thiazole rings is 1. The smallest absolute Gasteiger partial charge is 0.330 e. The topological polar surface area (TPSA) is 51.2 Å². The zero-order valence-electron chi connectivity index (χ0n) is 11.9. The number of fused-ring (bicyclic) bond motifs is 1. The first-order valence-corrected chi connectivity index (χ1v) is 7.60. The van der Waals surface area contributed by atoms with Crippen molar-refractivity contribution < 1.29 is 27.1 Å². The predicted octanol–water partition coefficient (Wildman–Crippen LogP) is 2.86. The van der Waals surface area contributed by atoms with Crippen molar-refractivity contribution in [2.75, 3.05) is 13.2 Å². The summed E-state index contributed by atoms with van der Waals surface area (Å²) in [6.07, 6.45) is -1.31. The van der Waals surface area contributed by atoms with Crippen LogP contribution < -0.4 is 5.32 Å². The molecule has 1 amide bonds. The molecule has 0 saturated carbocycles. The number of amides is 1. The number of nitrogens with zero attached hydrogens (tertiary/aromatic N) is 1. The van der Waals surface area contributed by atoms with E-state index in [0.29, 0.717) is 6.42 Å². The SMILES string of the molecule is Cc1nc2c(s1)CCC[C@@H]2NC(=O)COCC(F)(F)C(F)F. The minimum Gasteiger partial charge on any atom is -0.365 e. The molecule has 0 unspecified atom stereocenters. The number of aryl methyl sites for hydroxylation is 2. The summed E-state index contributed by atoms with van der Waals surface area (Å²) < 4.78 is 53.6. The summed E-state index contributed by atoms with van der Waals surface area (Å²) in [6.45, 7) is -0.293. The molecule has 4 nitrogen and oxygen atoms in total. The first-order chi connectivity index (χ1) is 10.3. The van der Waals surface area contributed by atoms with Crippen LogP contribution in [0, 0.1) is 6.92 Å². The van der Waals surface area contributed by atoms with E-state index in [1.165, 1.54) is 0 Å². The van der Waals surface area contributed by atoms with Gasteiger partial charge >= 0.3 is 12.3 Å². The second kappa shape index (κ2) is 6.91. The van der Waals surface area contributed by atoms with Crippen LogP contribution in [0.5, 0.6) is 0 Å². The summed E-state index contributed by atoms with van der Waals surface area (Å²) in [5.74, 6) is -4.86. The summed E-state index contributed by atoms with van der Waals surface area (Å²) >= 11 is 1.57. The molecule has 1 aromatic rings. The van der Waals surface area contributed by atoms with Gasteiger partial charge < -0.3 is 10.1 Å². The van der Waals surface area contributed by atoms with Crippen LogP contribution in [0.15, 0.2) is 0 Å². The van der Waals surface area contributed by atoms with Crippen molar-refractivity contribution in [1.29, 1.82) is 0 Å². The molecule has 1 heterocycles. The predicted molar refractivity (Wildman–Crippen MR) is 72.4 cm³/mol. The van der Waals surface area contributed by atoms with Gasteiger partial charge in [0.2, 0.25) is 5.91 Å². The van der Waals surface area contributed by atoms with Crippen LogP contribution in [0.25, 0.3) is 0 Å². The Morgan fingerprint density at radius 1 is 1.55 bits per heavy atom. The number of carbonyl (C=O) groups is 1. The fraction of sp³-hybridized carbons (Fsp3) is 0.692. The van der Waals surface area contributed by atoms with Gasteiger partial charge in [-0.1, -0.05) is 0 Å². The van der Waals surface area contributed by atoms with Crippen molar-refractivity contribution >= 4 is 17.2 Å². The molecule has 0 aromatic carbocycles. The Morgan fingerprint density at radius 3 is 2.95 bits per heavy atom. The van der Waals surface area contributed by atoms with E-state index in [0.717, 1.165) is 28.4 Å². The van der Waals surface area contributed by atoms with Crippen molar-refractivity contribution in [3.8, 4) is 0 Å². The lowest BCUT2D eigenvalue weighted by Gasteiger charge is -2.22. The zero-order chi connectivity index (χ0) is 16.3. The van der Waals surface area contributed by atoms with Crippen molar-refractivity contribution in [2.24, 2.45) is 0 Å². The third-order valence-electron chi connectivity index (χ3n) is 3.24. The molecule has 9 heteroatoms. The van der Waals surface area contributed by atoms with E-state index in [4.69, 9.17) is 0 Å². The van der Waals surface area contributed by atoms with Crippen molar-refractivity contribution in [3.63, 3.8) is 0 Å². The van der Waals surface area contributed by atoms with Crippen molar-refractivity contribution in [3.05, 3.63) is 15.6 Å². The lowest BCUT2D eigenvalue weighted by atomic mass is 9.97. The van der Waals surface area contributed by atoms with Crippen LogP contribution in [0.2, 0.25) is 0 Å². The van der Waals surface area contributed by atoms with Gasteiger partial charge in [0.15, 0.2) is 0 Å². The Bertz CT molecular complexity index is 536. The van der Waals surface area contributed by atoms with Crippen LogP contribution in [-0.2, 0) is 16.0 Å². The number of halogens is 4. The molecule has 1 aliphatic carbocycles. The van der Waals surface area contributed by atoms with E-state index in [2.05, 4.69) is 15.0 Å². The Hall–Kier alpha value is -1.22. The summed E-state index contributed by atoms with van der Waals surface area (Å²) in [7, 11) is 0. The van der Waals surface area contributed by atoms with E-state index in [9.17, 15) is 22.4 Å². The van der Waals surface area contributed by atoms with Gasteiger partial charge in [-0.2, -0.15) is 8.78 Å². The van der Waals surface area contributed by atoms with Crippen LogP contribution >= 0.6 is 11.3 Å². The maximum Gasteiger partial charge on any atom is 0.330 e. The first kappa shape index (κ1) is 17.1. The van der Waals surface area contributed by atoms with Gasteiger partial charge in [-0.3, -0.25) is 4.79 Å². The highest BCUT2D eigenvalue weighted by Gasteiger charge is 2.41. The minimum absolute atomic E-state index is 0.277. The van der Waals surface area contributed by atoms with Crippen LogP contribution in [0.1, 0.15) is 34.5 Å². The van der Waals surface area contributed by atoms with Crippen molar-refractivity contribution in [2.45, 2.75) is 44.6 Å². The minimum atomic E-state index is -4.25. The van der Waals surface area contributed by atoms with Gasteiger partial charge in [0, 0.05) is 4.88 Å². The van der Waals surface area contributed by atoms with Gasteiger partial charge in [0.25, 0.3) is 0 Å². The Morgan fingerprint density at radius 2 is 2.27 bits per heavy atom. The highest BCUT2D eigenvalue weighted by molar-refractivity contribution is 7.11. The number of ether oxygens (including phenoxy) is 1. The molecular formula is C13H16F4N2O2S. The fourth-order valence-electron chi connectivity index (χ4n) is 2.26. The maximum absolute atomic E-state index is 12.6. The number of aromatic nitrogens is 1. The Balaban J connectivity index is 1.83. The molecule has 2 rings (SSSR count). The number of hydrogen-bond acceptors (Lipinski definition) is 4. The zero-order valence-corrected chi connectivity index (χ0v) is 12.7. The molecule has 0 fully saturated rings. The third-order valence-corrected chi connectivity index (χ3v) is 4.29. The van der Waals surface area contributed by atoms with Gasteiger partial charge in [0.1, 0.15) is 13.2 Å². The molecule has 0 saturated heterocycles. The number of nitrogens with one attached hydrogen (secondary N) is 1. The third kappa shape index (κ3) is 4.16. The molecule has 0 aliphatic heterocycles. The molecule has 1 atom stereocenters. The summed E-state index contributed by atoms with van der Waals surface area (Å²) in [6, 6.07) is -0.277. The second-order valence-electron chi connectivity index (χ2n) is 5.11. The first-order valence-electron chi connectivity index (χ1n) is 6.79.